The standard InChI is InChI=1S/CH4.B.H3N.Si.W/h1H4;;1H3;;. The van der Waals surface area contributed by atoms with Crippen molar-refractivity contribution < 1.29 is 21.1 Å². The van der Waals surface area contributed by atoms with Crippen LogP contribution in [0, 0.1) is 0 Å². The van der Waals surface area contributed by atoms with E-state index in [0.29, 0.717) is 0 Å². The molecule has 0 bridgehead atoms. The van der Waals surface area contributed by atoms with Crippen molar-refractivity contribution in [2.75, 3.05) is 0 Å². The molecule has 0 spiro atoms. The SMILES string of the molecule is C.N.[B].[Si].[W]. The Morgan fingerprint density at radius 3 is 1.00 bits per heavy atom. The van der Waals surface area contributed by atoms with Crippen molar-refractivity contribution in [1.29, 1.82) is 0 Å². The summed E-state index contributed by atoms with van der Waals surface area (Å²) in [6.45, 7) is 0. The molecule has 0 aliphatic carbocycles. The quantitative estimate of drug-likeness (QED) is 0.610. The maximum absolute atomic E-state index is 0. The molecule has 0 aliphatic heterocycles. The van der Waals surface area contributed by atoms with E-state index < -0.39 is 0 Å². The molecule has 0 aromatic rings. The first-order valence-electron chi connectivity index (χ1n) is 0. The molecule has 0 saturated carbocycles. The van der Waals surface area contributed by atoms with E-state index in [2.05, 4.69) is 0 Å². The Balaban J connectivity index is 0. The van der Waals surface area contributed by atoms with Crippen molar-refractivity contribution in [3.8, 4) is 0 Å². The summed E-state index contributed by atoms with van der Waals surface area (Å²) in [5, 5.41) is 0. The molecule has 0 amide bonds. The largest absolute Gasteiger partial charge is 0.344 e. The van der Waals surface area contributed by atoms with Gasteiger partial charge in [-0.15, -0.1) is 0 Å². The Morgan fingerprint density at radius 2 is 1.00 bits per heavy atom. The number of rotatable bonds is 0. The summed E-state index contributed by atoms with van der Waals surface area (Å²) in [5.74, 6) is 0. The van der Waals surface area contributed by atoms with Gasteiger partial charge in [0.15, 0.2) is 0 Å². The fraction of sp³-hybridized carbons (Fsp3) is 1.00. The summed E-state index contributed by atoms with van der Waals surface area (Å²) in [7, 11) is 0. The average molecular weight is 256 g/mol. The Bertz CT molecular complexity index is 11.6. The van der Waals surface area contributed by atoms with E-state index in [4.69, 9.17) is 0 Å². The zero-order chi connectivity index (χ0) is 0. The van der Waals surface area contributed by atoms with E-state index in [-0.39, 0.29) is 54.0 Å². The van der Waals surface area contributed by atoms with Crippen LogP contribution >= 0.6 is 0 Å². The van der Waals surface area contributed by atoms with Crippen LogP contribution in [0.5, 0.6) is 0 Å². The first-order chi connectivity index (χ1) is 0. The topological polar surface area (TPSA) is 35.0 Å². The number of hydrogen-bond donors (Lipinski definition) is 1. The maximum Gasteiger partial charge on any atom is 0 e. The Hall–Kier alpha value is 0.930. The van der Waals surface area contributed by atoms with E-state index in [1.165, 1.54) is 0 Å². The van der Waals surface area contributed by atoms with Gasteiger partial charge in [0.05, 0.1) is 0 Å². The second-order valence-corrected chi connectivity index (χ2v) is 0. The Morgan fingerprint density at radius 1 is 1.00 bits per heavy atom. The van der Waals surface area contributed by atoms with E-state index in [0.717, 1.165) is 0 Å². The van der Waals surface area contributed by atoms with Crippen LogP contribution in [0.2, 0.25) is 0 Å². The molecule has 3 N–H and O–H groups in total. The molecule has 0 fully saturated rings. The molecule has 0 aromatic heterocycles. The summed E-state index contributed by atoms with van der Waals surface area (Å²) in [6, 6.07) is 0. The van der Waals surface area contributed by atoms with Crippen LogP contribution < -0.4 is 6.15 Å². The van der Waals surface area contributed by atoms with Gasteiger partial charge in [-0.3, -0.25) is 0 Å². The van der Waals surface area contributed by atoms with Crippen LogP contribution in [-0.4, -0.2) is 19.4 Å². The summed E-state index contributed by atoms with van der Waals surface area (Å²) in [6.07, 6.45) is 0. The molecule has 0 rings (SSSR count). The Labute approximate surface area is 54.4 Å². The van der Waals surface area contributed by atoms with Crippen LogP contribution in [0.25, 0.3) is 0 Å². The zero-order valence-corrected chi connectivity index (χ0v) is 6.13. The minimum Gasteiger partial charge on any atom is -0.344 e. The zero-order valence-electron chi connectivity index (χ0n) is 2.19. The van der Waals surface area contributed by atoms with Gasteiger partial charge in [-0.05, 0) is 0 Å². The third-order valence-corrected chi connectivity index (χ3v) is 0. The van der Waals surface area contributed by atoms with Crippen molar-refractivity contribution >= 4 is 19.4 Å². The van der Waals surface area contributed by atoms with E-state index in [9.17, 15) is 0 Å². The van der Waals surface area contributed by atoms with Gasteiger partial charge in [-0.1, -0.05) is 7.43 Å². The molecular formula is CH7BNSiW. The minimum atomic E-state index is 0. The van der Waals surface area contributed by atoms with Crippen molar-refractivity contribution in [1.82, 2.24) is 6.15 Å². The van der Waals surface area contributed by atoms with Gasteiger partial charge in [0, 0.05) is 40.4 Å². The van der Waals surface area contributed by atoms with Gasteiger partial charge in [0.2, 0.25) is 0 Å². The van der Waals surface area contributed by atoms with Crippen LogP contribution in [0.15, 0.2) is 0 Å². The molecule has 0 aliphatic rings. The van der Waals surface area contributed by atoms with E-state index in [1.54, 1.807) is 0 Å². The first-order valence-corrected chi connectivity index (χ1v) is 0. The van der Waals surface area contributed by atoms with Gasteiger partial charge >= 0.3 is 0 Å². The summed E-state index contributed by atoms with van der Waals surface area (Å²) >= 11 is 0. The smallest absolute Gasteiger partial charge is 0 e. The summed E-state index contributed by atoms with van der Waals surface area (Å²) in [4.78, 5) is 0. The molecule has 4 heteroatoms. The fourth-order valence-electron chi connectivity index (χ4n) is 0. The predicted molar refractivity (Wildman–Crippen MR) is 23.3 cm³/mol. The molecule has 0 unspecified atom stereocenters. The molecule has 5 heavy (non-hydrogen) atoms. The third kappa shape index (κ3) is 48.9. The average Bonchev–Trinajstić information content (AvgIpc) is 0. The molecule has 29 valence electrons. The van der Waals surface area contributed by atoms with Crippen molar-refractivity contribution in [3.63, 3.8) is 0 Å². The predicted octanol–water partition coefficient (Wildman–Crippen LogP) is 0.0340. The second-order valence-electron chi connectivity index (χ2n) is 0. The van der Waals surface area contributed by atoms with E-state index in [1.807, 2.05) is 0 Å². The van der Waals surface area contributed by atoms with Gasteiger partial charge in [0.1, 0.15) is 0 Å². The van der Waals surface area contributed by atoms with Crippen molar-refractivity contribution in [3.05, 3.63) is 0 Å². The summed E-state index contributed by atoms with van der Waals surface area (Å²) in [5.41, 5.74) is 0. The molecular weight excluding hydrogens is 249 g/mol. The van der Waals surface area contributed by atoms with E-state index >= 15 is 0 Å². The van der Waals surface area contributed by atoms with Crippen molar-refractivity contribution in [2.24, 2.45) is 0 Å². The fourth-order valence-corrected chi connectivity index (χ4v) is 0. The molecule has 0 aromatic carbocycles. The molecule has 0 saturated heterocycles. The van der Waals surface area contributed by atoms with Crippen LogP contribution in [0.1, 0.15) is 7.43 Å². The third-order valence-electron chi connectivity index (χ3n) is 0. The van der Waals surface area contributed by atoms with Gasteiger partial charge < -0.3 is 6.15 Å². The number of hydrogen-bond acceptors (Lipinski definition) is 1. The monoisotopic (exact) mass is 256 g/mol. The van der Waals surface area contributed by atoms with Crippen LogP contribution in [-0.2, 0) is 21.1 Å². The minimum absolute atomic E-state index is 0. The Kier molecular flexibility index (Phi) is 2930. The maximum atomic E-state index is 0. The molecule has 0 heterocycles. The molecule has 0 atom stereocenters. The second kappa shape index (κ2) is 88.0. The normalized spacial score (nSPS) is 0. The van der Waals surface area contributed by atoms with Crippen LogP contribution in [0.4, 0.5) is 0 Å². The van der Waals surface area contributed by atoms with Crippen LogP contribution in [0.3, 0.4) is 0 Å². The van der Waals surface area contributed by atoms with Gasteiger partial charge in [0.25, 0.3) is 0 Å². The van der Waals surface area contributed by atoms with Gasteiger partial charge in [-0.2, -0.15) is 0 Å². The molecule has 7 radical (unpaired) electrons. The first kappa shape index (κ1) is 167. The van der Waals surface area contributed by atoms with Crippen molar-refractivity contribution in [2.45, 2.75) is 7.43 Å². The summed E-state index contributed by atoms with van der Waals surface area (Å²) < 4.78 is 0. The molecule has 1 nitrogen and oxygen atoms in total. The van der Waals surface area contributed by atoms with Gasteiger partial charge in [-0.25, -0.2) is 0 Å².